The molecule has 1 atom stereocenters. The van der Waals surface area contributed by atoms with E-state index in [1.807, 2.05) is 12.1 Å². The minimum atomic E-state index is 0.526. The Morgan fingerprint density at radius 1 is 1.33 bits per heavy atom. The molecule has 1 aromatic rings. The van der Waals surface area contributed by atoms with Crippen LogP contribution in [0.5, 0.6) is 0 Å². The summed E-state index contributed by atoms with van der Waals surface area (Å²) in [6.07, 6.45) is 0. The van der Waals surface area contributed by atoms with E-state index in [1.54, 1.807) is 0 Å². The summed E-state index contributed by atoms with van der Waals surface area (Å²) >= 11 is 3.60. The first-order chi connectivity index (χ1) is 8.43. The summed E-state index contributed by atoms with van der Waals surface area (Å²) in [5, 5.41) is 0. The Kier molecular flexibility index (Phi) is 6.12. The molecule has 0 radical (unpaired) electrons. The van der Waals surface area contributed by atoms with E-state index in [4.69, 9.17) is 5.73 Å². The minimum absolute atomic E-state index is 0.526. The largest absolute Gasteiger partial charge is 0.399 e. The van der Waals surface area contributed by atoms with Crippen molar-refractivity contribution in [2.45, 2.75) is 26.4 Å². The van der Waals surface area contributed by atoms with Gasteiger partial charge in [-0.3, -0.25) is 4.90 Å². The zero-order valence-corrected chi connectivity index (χ0v) is 13.4. The second-order valence-corrected chi connectivity index (χ2v) is 5.88. The van der Waals surface area contributed by atoms with Gasteiger partial charge in [0.15, 0.2) is 0 Å². The van der Waals surface area contributed by atoms with E-state index in [-0.39, 0.29) is 0 Å². The molecule has 18 heavy (non-hydrogen) atoms. The first-order valence-corrected chi connectivity index (χ1v) is 7.16. The van der Waals surface area contributed by atoms with Crippen LogP contribution < -0.4 is 5.73 Å². The molecule has 3 nitrogen and oxygen atoms in total. The highest BCUT2D eigenvalue weighted by molar-refractivity contribution is 9.10. The Morgan fingerprint density at radius 3 is 2.56 bits per heavy atom. The first kappa shape index (κ1) is 15.5. The summed E-state index contributed by atoms with van der Waals surface area (Å²) in [6.45, 7) is 7.50. The maximum atomic E-state index is 5.85. The lowest BCUT2D eigenvalue weighted by molar-refractivity contribution is 0.174. The molecule has 0 spiro atoms. The molecule has 0 aliphatic rings. The number of hydrogen-bond acceptors (Lipinski definition) is 3. The predicted octanol–water partition coefficient (Wildman–Crippen LogP) is 2.80. The smallest absolute Gasteiger partial charge is 0.0318 e. The second kappa shape index (κ2) is 7.12. The van der Waals surface area contributed by atoms with Gasteiger partial charge in [0.1, 0.15) is 0 Å². The normalized spacial score (nSPS) is 13.3. The van der Waals surface area contributed by atoms with Crippen LogP contribution in [0.4, 0.5) is 5.69 Å². The van der Waals surface area contributed by atoms with Gasteiger partial charge in [0.25, 0.3) is 0 Å². The van der Waals surface area contributed by atoms with Crippen LogP contribution in [0.1, 0.15) is 19.4 Å². The third-order valence-corrected chi connectivity index (χ3v) is 3.88. The summed E-state index contributed by atoms with van der Waals surface area (Å²) in [6, 6.07) is 6.52. The lowest BCUT2D eigenvalue weighted by Crippen LogP contribution is -2.39. The summed E-state index contributed by atoms with van der Waals surface area (Å²) in [4.78, 5) is 4.68. The zero-order chi connectivity index (χ0) is 13.7. The van der Waals surface area contributed by atoms with Gasteiger partial charge < -0.3 is 10.6 Å². The van der Waals surface area contributed by atoms with Crippen LogP contribution in [-0.2, 0) is 6.54 Å². The summed E-state index contributed by atoms with van der Waals surface area (Å²) < 4.78 is 1.13. The molecule has 0 fully saturated rings. The number of hydrogen-bond donors (Lipinski definition) is 1. The fraction of sp³-hybridized carbons (Fsp3) is 0.571. The number of halogens is 1. The molecule has 1 rings (SSSR count). The maximum absolute atomic E-state index is 5.85. The molecule has 0 heterocycles. The van der Waals surface area contributed by atoms with Crippen LogP contribution in [0.2, 0.25) is 0 Å². The van der Waals surface area contributed by atoms with E-state index in [0.717, 1.165) is 29.8 Å². The number of nitrogens with zero attached hydrogens (tertiary/aromatic N) is 2. The lowest BCUT2D eigenvalue weighted by Gasteiger charge is -2.30. The van der Waals surface area contributed by atoms with Crippen LogP contribution in [0, 0.1) is 0 Å². The molecule has 0 saturated carbocycles. The number of anilines is 1. The van der Waals surface area contributed by atoms with Crippen molar-refractivity contribution in [3.05, 3.63) is 28.2 Å². The van der Waals surface area contributed by atoms with Crippen molar-refractivity contribution in [2.24, 2.45) is 0 Å². The molecule has 1 unspecified atom stereocenters. The summed E-state index contributed by atoms with van der Waals surface area (Å²) in [5.74, 6) is 0. The Hall–Kier alpha value is -0.580. The van der Waals surface area contributed by atoms with Gasteiger partial charge in [-0.25, -0.2) is 0 Å². The van der Waals surface area contributed by atoms with E-state index in [1.165, 1.54) is 5.56 Å². The minimum Gasteiger partial charge on any atom is -0.399 e. The molecule has 2 N–H and O–H groups in total. The van der Waals surface area contributed by atoms with Crippen molar-refractivity contribution in [3.8, 4) is 0 Å². The van der Waals surface area contributed by atoms with Gasteiger partial charge in [0, 0.05) is 29.3 Å². The molecule has 1 aromatic carbocycles. The monoisotopic (exact) mass is 313 g/mol. The Balaban J connectivity index is 2.76. The molecular weight excluding hydrogens is 290 g/mol. The molecule has 102 valence electrons. The summed E-state index contributed by atoms with van der Waals surface area (Å²) in [5.41, 5.74) is 7.93. The van der Waals surface area contributed by atoms with Gasteiger partial charge in [-0.15, -0.1) is 0 Å². The topological polar surface area (TPSA) is 32.5 Å². The van der Waals surface area contributed by atoms with Gasteiger partial charge in [-0.2, -0.15) is 0 Å². The van der Waals surface area contributed by atoms with Crippen molar-refractivity contribution >= 4 is 21.6 Å². The quantitative estimate of drug-likeness (QED) is 0.820. The van der Waals surface area contributed by atoms with Gasteiger partial charge in [-0.1, -0.05) is 22.9 Å². The van der Waals surface area contributed by atoms with E-state index in [9.17, 15) is 0 Å². The van der Waals surface area contributed by atoms with E-state index in [0.29, 0.717) is 6.04 Å². The first-order valence-electron chi connectivity index (χ1n) is 6.36. The van der Waals surface area contributed by atoms with Crippen LogP contribution in [0.3, 0.4) is 0 Å². The molecule has 0 aliphatic carbocycles. The fourth-order valence-corrected chi connectivity index (χ4v) is 2.53. The highest BCUT2D eigenvalue weighted by Gasteiger charge is 2.14. The average molecular weight is 314 g/mol. The standard InChI is InChI=1S/C14H24BrN3/c1-5-18(11(2)9-17(3)4)10-12-8-13(16)6-7-14(12)15/h6-8,11H,5,9-10,16H2,1-4H3. The van der Waals surface area contributed by atoms with Crippen LogP contribution in [0.15, 0.2) is 22.7 Å². The molecule has 0 saturated heterocycles. The highest BCUT2D eigenvalue weighted by Crippen LogP contribution is 2.22. The Labute approximate surface area is 119 Å². The van der Waals surface area contributed by atoms with Crippen molar-refractivity contribution in [3.63, 3.8) is 0 Å². The van der Waals surface area contributed by atoms with Crippen LogP contribution in [0.25, 0.3) is 0 Å². The molecule has 0 bridgehead atoms. The molecule has 0 amide bonds. The van der Waals surface area contributed by atoms with Crippen molar-refractivity contribution in [1.82, 2.24) is 9.80 Å². The van der Waals surface area contributed by atoms with Gasteiger partial charge in [0.2, 0.25) is 0 Å². The number of nitrogens with two attached hydrogens (primary N) is 1. The predicted molar refractivity (Wildman–Crippen MR) is 82.7 cm³/mol. The van der Waals surface area contributed by atoms with E-state index >= 15 is 0 Å². The van der Waals surface area contributed by atoms with Gasteiger partial charge >= 0.3 is 0 Å². The average Bonchev–Trinajstić information content (AvgIpc) is 2.29. The van der Waals surface area contributed by atoms with Gasteiger partial charge in [-0.05, 0) is 51.3 Å². The second-order valence-electron chi connectivity index (χ2n) is 5.03. The van der Waals surface area contributed by atoms with Crippen LogP contribution in [-0.4, -0.2) is 43.0 Å². The molecule has 0 aliphatic heterocycles. The number of nitrogen functional groups attached to an aromatic ring is 1. The third-order valence-electron chi connectivity index (χ3n) is 3.10. The van der Waals surface area contributed by atoms with E-state index in [2.05, 4.69) is 59.7 Å². The number of benzene rings is 1. The molecule has 4 heteroatoms. The Morgan fingerprint density at radius 2 is 2.00 bits per heavy atom. The highest BCUT2D eigenvalue weighted by atomic mass is 79.9. The van der Waals surface area contributed by atoms with E-state index < -0.39 is 0 Å². The number of likely N-dealkylation sites (N-methyl/N-ethyl adjacent to an activating group) is 2. The molecule has 0 aromatic heterocycles. The zero-order valence-electron chi connectivity index (χ0n) is 11.8. The van der Waals surface area contributed by atoms with Crippen LogP contribution >= 0.6 is 15.9 Å². The van der Waals surface area contributed by atoms with Crippen molar-refractivity contribution in [2.75, 3.05) is 32.9 Å². The molecular formula is C14H24BrN3. The third kappa shape index (κ3) is 4.59. The fourth-order valence-electron chi connectivity index (χ4n) is 2.16. The number of rotatable bonds is 6. The van der Waals surface area contributed by atoms with Crippen molar-refractivity contribution in [1.29, 1.82) is 0 Å². The lowest BCUT2D eigenvalue weighted by atomic mass is 10.1. The SMILES string of the molecule is CCN(Cc1cc(N)ccc1Br)C(C)CN(C)C. The van der Waals surface area contributed by atoms with Gasteiger partial charge in [0.05, 0.1) is 0 Å². The Bertz CT molecular complexity index is 379. The van der Waals surface area contributed by atoms with Crippen molar-refractivity contribution < 1.29 is 0 Å². The summed E-state index contributed by atoms with van der Waals surface area (Å²) in [7, 11) is 4.22. The maximum Gasteiger partial charge on any atom is 0.0318 e.